The highest BCUT2D eigenvalue weighted by Gasteiger charge is 2.10. The Kier molecular flexibility index (Phi) is 12.7. The van der Waals surface area contributed by atoms with Gasteiger partial charge in [0.25, 0.3) is 0 Å². The van der Waals surface area contributed by atoms with Crippen LogP contribution in [0.3, 0.4) is 0 Å². The van der Waals surface area contributed by atoms with E-state index in [1.54, 1.807) is 7.11 Å². The number of carbonyl (C=O) groups excluding carboxylic acids is 1. The van der Waals surface area contributed by atoms with Gasteiger partial charge in [-0.1, -0.05) is 11.6 Å². The number of nitrogens with one attached hydrogen (secondary N) is 2. The minimum Gasteiger partial charge on any atom is -0.383 e. The van der Waals surface area contributed by atoms with E-state index in [0.717, 1.165) is 33.0 Å². The Bertz CT molecular complexity index is 608. The standard InChI is InChI=1S/C14H18ClN3O2S2.2ClH/c1-20-7-6-16-4-5-17-13(19)8-10-9-21-14(18-10)11-2-3-12(15)22-11;;/h2-3,9,16H,4-8H2,1H3,(H,17,19);2*1H. The van der Waals surface area contributed by atoms with Gasteiger partial charge in [0.05, 0.1) is 27.9 Å². The number of thiophene rings is 1. The maximum Gasteiger partial charge on any atom is 0.226 e. The van der Waals surface area contributed by atoms with Crippen molar-refractivity contribution in [2.24, 2.45) is 0 Å². The first-order valence-electron chi connectivity index (χ1n) is 6.85. The highest BCUT2D eigenvalue weighted by Crippen LogP contribution is 2.32. The fourth-order valence-corrected chi connectivity index (χ4v) is 3.68. The van der Waals surface area contributed by atoms with Gasteiger partial charge >= 0.3 is 0 Å². The minimum atomic E-state index is -0.0189. The molecule has 0 bridgehead atoms. The molecular weight excluding hydrogens is 413 g/mol. The quantitative estimate of drug-likeness (QED) is 0.597. The van der Waals surface area contributed by atoms with Crippen molar-refractivity contribution in [3.05, 3.63) is 27.5 Å². The summed E-state index contributed by atoms with van der Waals surface area (Å²) in [7, 11) is 1.66. The topological polar surface area (TPSA) is 63.2 Å². The summed E-state index contributed by atoms with van der Waals surface area (Å²) in [6.45, 7) is 2.78. The number of hydrogen-bond donors (Lipinski definition) is 2. The van der Waals surface area contributed by atoms with E-state index in [9.17, 15) is 4.79 Å². The average Bonchev–Trinajstić information content (AvgIpc) is 3.11. The predicted octanol–water partition coefficient (Wildman–Crippen LogP) is 3.26. The molecule has 0 aliphatic carbocycles. The number of hydrogen-bond acceptors (Lipinski definition) is 6. The lowest BCUT2D eigenvalue weighted by molar-refractivity contribution is -0.120. The van der Waals surface area contributed by atoms with Gasteiger partial charge in [0.2, 0.25) is 5.91 Å². The Morgan fingerprint density at radius 2 is 2.08 bits per heavy atom. The number of aromatic nitrogens is 1. The second kappa shape index (κ2) is 12.9. The molecule has 2 heterocycles. The van der Waals surface area contributed by atoms with E-state index < -0.39 is 0 Å². The molecule has 24 heavy (non-hydrogen) atoms. The van der Waals surface area contributed by atoms with Crippen LogP contribution in [0.25, 0.3) is 9.88 Å². The molecule has 0 aliphatic rings. The lowest BCUT2D eigenvalue weighted by atomic mass is 10.3. The molecule has 0 atom stereocenters. The summed E-state index contributed by atoms with van der Waals surface area (Å²) in [6.07, 6.45) is 0.299. The van der Waals surface area contributed by atoms with Crippen molar-refractivity contribution in [1.29, 1.82) is 0 Å². The number of thiazole rings is 1. The van der Waals surface area contributed by atoms with Crippen molar-refractivity contribution in [3.8, 4) is 9.88 Å². The monoisotopic (exact) mass is 431 g/mol. The molecule has 2 rings (SSSR count). The van der Waals surface area contributed by atoms with E-state index in [2.05, 4.69) is 15.6 Å². The van der Waals surface area contributed by atoms with Gasteiger partial charge < -0.3 is 15.4 Å². The van der Waals surface area contributed by atoms with Gasteiger partial charge in [-0.05, 0) is 12.1 Å². The summed E-state index contributed by atoms with van der Waals surface area (Å²) < 4.78 is 5.67. The average molecular weight is 433 g/mol. The third-order valence-corrected chi connectivity index (χ3v) is 5.08. The number of carbonyl (C=O) groups is 1. The number of methoxy groups -OCH3 is 1. The summed E-state index contributed by atoms with van der Waals surface area (Å²) in [5, 5.41) is 8.85. The summed E-state index contributed by atoms with van der Waals surface area (Å²) in [5.41, 5.74) is 0.786. The molecule has 0 radical (unpaired) electrons. The molecule has 5 nitrogen and oxygen atoms in total. The number of ether oxygens (including phenoxy) is 1. The summed E-state index contributed by atoms with van der Waals surface area (Å²) in [5.74, 6) is -0.0189. The van der Waals surface area contributed by atoms with Crippen LogP contribution in [0.5, 0.6) is 0 Å². The van der Waals surface area contributed by atoms with Crippen LogP contribution in [-0.2, 0) is 16.0 Å². The zero-order valence-corrected chi connectivity index (χ0v) is 17.1. The Balaban J connectivity index is 0.00000264. The first-order valence-corrected chi connectivity index (χ1v) is 8.93. The number of halogens is 3. The molecule has 2 aromatic rings. The lowest BCUT2D eigenvalue weighted by Crippen LogP contribution is -2.33. The van der Waals surface area contributed by atoms with Gasteiger partial charge in [-0.25, -0.2) is 4.98 Å². The minimum absolute atomic E-state index is 0. The van der Waals surface area contributed by atoms with Gasteiger partial charge in [-0.15, -0.1) is 47.5 Å². The zero-order valence-electron chi connectivity index (χ0n) is 13.0. The van der Waals surface area contributed by atoms with Crippen LogP contribution in [0.4, 0.5) is 0 Å². The summed E-state index contributed by atoms with van der Waals surface area (Å²) in [4.78, 5) is 17.3. The normalized spacial score (nSPS) is 9.92. The maximum absolute atomic E-state index is 11.8. The largest absolute Gasteiger partial charge is 0.383 e. The van der Waals surface area contributed by atoms with Crippen LogP contribution in [0.2, 0.25) is 4.34 Å². The molecule has 136 valence electrons. The second-order valence-corrected chi connectivity index (χ2v) is 7.09. The Morgan fingerprint density at radius 1 is 1.29 bits per heavy atom. The van der Waals surface area contributed by atoms with Crippen LogP contribution >= 0.6 is 59.1 Å². The van der Waals surface area contributed by atoms with Crippen molar-refractivity contribution in [2.45, 2.75) is 6.42 Å². The molecule has 0 aromatic carbocycles. The van der Waals surface area contributed by atoms with Gasteiger partial charge in [0.1, 0.15) is 5.01 Å². The molecular formula is C14H20Cl3N3O2S2. The second-order valence-electron chi connectivity index (χ2n) is 4.52. The molecule has 0 unspecified atom stereocenters. The summed E-state index contributed by atoms with van der Waals surface area (Å²) >= 11 is 8.94. The Morgan fingerprint density at radius 3 is 2.75 bits per heavy atom. The van der Waals surface area contributed by atoms with Crippen LogP contribution in [0, 0.1) is 0 Å². The van der Waals surface area contributed by atoms with Crippen LogP contribution < -0.4 is 10.6 Å². The highest BCUT2D eigenvalue weighted by molar-refractivity contribution is 7.23. The third-order valence-electron chi connectivity index (χ3n) is 2.78. The molecule has 0 aliphatic heterocycles. The van der Waals surface area contributed by atoms with Gasteiger partial charge in [-0.3, -0.25) is 4.79 Å². The van der Waals surface area contributed by atoms with E-state index in [1.807, 2.05) is 17.5 Å². The first-order chi connectivity index (χ1) is 10.7. The molecule has 0 saturated heterocycles. The van der Waals surface area contributed by atoms with Crippen molar-refractivity contribution in [1.82, 2.24) is 15.6 Å². The fraction of sp³-hybridized carbons (Fsp3) is 0.429. The van der Waals surface area contributed by atoms with Gasteiger partial charge in [0, 0.05) is 32.1 Å². The third kappa shape index (κ3) is 8.11. The smallest absolute Gasteiger partial charge is 0.226 e. The molecule has 2 N–H and O–H groups in total. The van der Waals surface area contributed by atoms with E-state index in [4.69, 9.17) is 16.3 Å². The summed E-state index contributed by atoms with van der Waals surface area (Å²) in [6, 6.07) is 3.80. The van der Waals surface area contributed by atoms with Crippen molar-refractivity contribution >= 4 is 65.0 Å². The van der Waals surface area contributed by atoms with Crippen molar-refractivity contribution in [3.63, 3.8) is 0 Å². The molecule has 2 aromatic heterocycles. The van der Waals surface area contributed by atoms with Crippen LogP contribution in [-0.4, -0.2) is 44.2 Å². The van der Waals surface area contributed by atoms with Crippen molar-refractivity contribution in [2.75, 3.05) is 33.4 Å². The van der Waals surface area contributed by atoms with E-state index in [1.165, 1.54) is 22.7 Å². The number of nitrogens with zero attached hydrogens (tertiary/aromatic N) is 1. The first kappa shape index (κ1) is 23.6. The Hall–Kier alpha value is -0.410. The van der Waals surface area contributed by atoms with E-state index in [-0.39, 0.29) is 30.7 Å². The maximum atomic E-state index is 11.8. The van der Waals surface area contributed by atoms with Gasteiger partial charge in [-0.2, -0.15) is 0 Å². The van der Waals surface area contributed by atoms with Crippen LogP contribution in [0.15, 0.2) is 17.5 Å². The zero-order chi connectivity index (χ0) is 15.8. The highest BCUT2D eigenvalue weighted by atomic mass is 35.5. The number of rotatable bonds is 9. The lowest BCUT2D eigenvalue weighted by Gasteiger charge is -2.05. The van der Waals surface area contributed by atoms with Crippen molar-refractivity contribution < 1.29 is 9.53 Å². The molecule has 10 heteroatoms. The van der Waals surface area contributed by atoms with E-state index in [0.29, 0.717) is 19.6 Å². The molecule has 1 amide bonds. The predicted molar refractivity (Wildman–Crippen MR) is 106 cm³/mol. The van der Waals surface area contributed by atoms with Crippen LogP contribution in [0.1, 0.15) is 5.69 Å². The molecule has 0 fully saturated rings. The molecule has 0 spiro atoms. The SMILES string of the molecule is COCCNCCNC(=O)Cc1csc(-c2ccc(Cl)s2)n1.Cl.Cl. The fourth-order valence-electron chi connectivity index (χ4n) is 1.75. The van der Waals surface area contributed by atoms with Gasteiger partial charge in [0.15, 0.2) is 0 Å². The Labute approximate surface area is 167 Å². The number of amides is 1. The van der Waals surface area contributed by atoms with E-state index >= 15 is 0 Å². The molecule has 0 saturated carbocycles.